The lowest BCUT2D eigenvalue weighted by Gasteiger charge is -1.71. The van der Waals surface area contributed by atoms with Crippen molar-refractivity contribution in [2.24, 2.45) is 0 Å². The van der Waals surface area contributed by atoms with E-state index in [1.165, 1.54) is 0 Å². The normalized spacial score (nSPS) is 8.71. The van der Waals surface area contributed by atoms with Crippen molar-refractivity contribution in [3.05, 3.63) is 27.9 Å². The molecule has 0 fully saturated rings. The Labute approximate surface area is 51.4 Å². The van der Waals surface area contributed by atoms with Crippen molar-refractivity contribution in [2.75, 3.05) is 0 Å². The maximum absolute atomic E-state index is 5.55. The summed E-state index contributed by atoms with van der Waals surface area (Å²) in [6, 6.07) is 3.73. The van der Waals surface area contributed by atoms with E-state index in [0.29, 0.717) is 0 Å². The molecule has 0 aromatic carbocycles. The van der Waals surface area contributed by atoms with E-state index in [4.69, 9.17) is 11.6 Å². The van der Waals surface area contributed by atoms with E-state index in [-0.39, 0.29) is 0 Å². The first kappa shape index (κ1) is 5.01. The van der Waals surface area contributed by atoms with Crippen molar-refractivity contribution < 1.29 is 0 Å². The van der Waals surface area contributed by atoms with Crippen LogP contribution in [-0.2, 0) is 0 Å². The highest BCUT2D eigenvalue weighted by Crippen LogP contribution is 2.07. The third kappa shape index (κ3) is 1.41. The molecule has 7 heavy (non-hydrogen) atoms. The number of rotatable bonds is 0. The Morgan fingerprint density at radius 3 is 2.14 bits per heavy atom. The highest BCUT2D eigenvalue weighted by molar-refractivity contribution is 7.07. The number of hydrogen-bond acceptors (Lipinski definition) is 0. The molecule has 0 aliphatic rings. The minimum atomic E-state index is 0.804. The summed E-state index contributed by atoms with van der Waals surface area (Å²) in [7, 11) is 0. The lowest BCUT2D eigenvalue weighted by Crippen LogP contribution is -1.51. The smallest absolute Gasteiger partial charge is 0.0840 e. The second-order valence-corrected chi connectivity index (χ2v) is 2.38. The van der Waals surface area contributed by atoms with Crippen molar-refractivity contribution in [1.29, 1.82) is 0 Å². The van der Waals surface area contributed by atoms with E-state index < -0.39 is 0 Å². The summed E-state index contributed by atoms with van der Waals surface area (Å²) in [4.78, 5) is 0. The molecule has 1 aromatic rings. The number of halogens is 1. The molecular formula is C5H4ClS+. The fourth-order valence-corrected chi connectivity index (χ4v) is 1.13. The van der Waals surface area contributed by atoms with Gasteiger partial charge in [-0.3, -0.25) is 0 Å². The maximum Gasteiger partial charge on any atom is 0.211 e. The van der Waals surface area contributed by atoms with Crippen LogP contribution in [0.5, 0.6) is 0 Å². The van der Waals surface area contributed by atoms with Crippen LogP contribution in [0.4, 0.5) is 0 Å². The minimum Gasteiger partial charge on any atom is -0.0840 e. The molecule has 0 bridgehead atoms. The zero-order valence-electron chi connectivity index (χ0n) is 3.60. The van der Waals surface area contributed by atoms with Crippen LogP contribution in [0.3, 0.4) is 0 Å². The van der Waals surface area contributed by atoms with Gasteiger partial charge in [-0.1, -0.05) is 11.6 Å². The van der Waals surface area contributed by atoms with Gasteiger partial charge in [0.15, 0.2) is 10.8 Å². The summed E-state index contributed by atoms with van der Waals surface area (Å²) >= 11 is 7.18. The molecule has 0 amide bonds. The average Bonchev–Trinajstić information content (AvgIpc) is 1.69. The average molecular weight is 132 g/mol. The fourth-order valence-electron chi connectivity index (χ4n) is 0.309. The van der Waals surface area contributed by atoms with Crippen LogP contribution in [0.1, 0.15) is 0 Å². The van der Waals surface area contributed by atoms with Crippen molar-refractivity contribution in [3.63, 3.8) is 0 Å². The standard InChI is InChI=1S/C5H4ClS/c6-5-1-3-7-4-2-5/h1-4H/q+1. The molecule has 0 saturated carbocycles. The summed E-state index contributed by atoms with van der Waals surface area (Å²) in [5.41, 5.74) is 0. The van der Waals surface area contributed by atoms with Gasteiger partial charge in [0.05, 0.1) is 5.02 Å². The molecule has 0 nitrogen and oxygen atoms in total. The Morgan fingerprint density at radius 2 is 1.86 bits per heavy atom. The monoisotopic (exact) mass is 131 g/mol. The van der Waals surface area contributed by atoms with Gasteiger partial charge in [0.1, 0.15) is 0 Å². The van der Waals surface area contributed by atoms with Gasteiger partial charge in [0.25, 0.3) is 0 Å². The topological polar surface area (TPSA) is 0 Å². The zero-order valence-corrected chi connectivity index (χ0v) is 5.17. The maximum atomic E-state index is 5.55. The fraction of sp³-hybridized carbons (Fsp3) is 0. The molecule has 36 valence electrons. The van der Waals surface area contributed by atoms with Gasteiger partial charge in [0, 0.05) is 12.1 Å². The molecule has 0 aliphatic heterocycles. The SMILES string of the molecule is Clc1cc[s+]cc1. The van der Waals surface area contributed by atoms with Gasteiger partial charge >= 0.3 is 0 Å². The predicted molar refractivity (Wildman–Crippen MR) is 33.7 cm³/mol. The molecular weight excluding hydrogens is 128 g/mol. The highest BCUT2D eigenvalue weighted by Gasteiger charge is 1.85. The van der Waals surface area contributed by atoms with Crippen LogP contribution in [-0.4, -0.2) is 0 Å². The van der Waals surface area contributed by atoms with E-state index in [1.54, 1.807) is 11.3 Å². The second kappa shape index (κ2) is 2.24. The summed E-state index contributed by atoms with van der Waals surface area (Å²) in [6.07, 6.45) is 0. The first-order valence-electron chi connectivity index (χ1n) is 1.90. The Hall–Kier alpha value is -0.140. The Balaban J connectivity index is 3.02. The molecule has 0 saturated heterocycles. The van der Waals surface area contributed by atoms with Crippen LogP contribution < -0.4 is 0 Å². The van der Waals surface area contributed by atoms with Crippen molar-refractivity contribution in [3.8, 4) is 0 Å². The predicted octanol–water partition coefficient (Wildman–Crippen LogP) is 2.68. The molecule has 0 unspecified atom stereocenters. The van der Waals surface area contributed by atoms with E-state index in [1.807, 2.05) is 22.9 Å². The second-order valence-electron chi connectivity index (χ2n) is 1.13. The summed E-state index contributed by atoms with van der Waals surface area (Å²) < 4.78 is 0. The van der Waals surface area contributed by atoms with Crippen molar-refractivity contribution in [2.45, 2.75) is 0 Å². The largest absolute Gasteiger partial charge is 0.211 e. The van der Waals surface area contributed by atoms with E-state index in [9.17, 15) is 0 Å². The molecule has 2 heteroatoms. The third-order valence-corrected chi connectivity index (χ3v) is 1.45. The van der Waals surface area contributed by atoms with Gasteiger partial charge in [-0.25, -0.2) is 0 Å². The lowest BCUT2D eigenvalue weighted by molar-refractivity contribution is 1.87. The lowest BCUT2D eigenvalue weighted by atomic mass is 10.6. The van der Waals surface area contributed by atoms with Crippen molar-refractivity contribution >= 4 is 22.9 Å². The van der Waals surface area contributed by atoms with Crippen LogP contribution in [0.25, 0.3) is 0 Å². The van der Waals surface area contributed by atoms with Crippen molar-refractivity contribution in [1.82, 2.24) is 0 Å². The summed E-state index contributed by atoms with van der Waals surface area (Å²) in [5.74, 6) is 0. The first-order chi connectivity index (χ1) is 3.39. The van der Waals surface area contributed by atoms with Crippen LogP contribution >= 0.6 is 22.9 Å². The first-order valence-corrected chi connectivity index (χ1v) is 3.23. The number of hydrogen-bond donors (Lipinski definition) is 0. The van der Waals surface area contributed by atoms with Crippen LogP contribution in [0.2, 0.25) is 5.02 Å². The molecule has 1 heterocycles. The van der Waals surface area contributed by atoms with Crippen LogP contribution in [0.15, 0.2) is 22.9 Å². The van der Waals surface area contributed by atoms with E-state index in [0.717, 1.165) is 5.02 Å². The summed E-state index contributed by atoms with van der Waals surface area (Å²) in [5, 5.41) is 4.70. The summed E-state index contributed by atoms with van der Waals surface area (Å²) in [6.45, 7) is 0. The molecule has 0 radical (unpaired) electrons. The zero-order chi connectivity index (χ0) is 5.11. The quantitative estimate of drug-likeness (QED) is 0.475. The van der Waals surface area contributed by atoms with Crippen LogP contribution in [0, 0.1) is 0 Å². The minimum absolute atomic E-state index is 0.804. The Bertz CT molecular complexity index is 138. The van der Waals surface area contributed by atoms with Gasteiger partial charge < -0.3 is 0 Å². The third-order valence-electron chi connectivity index (χ3n) is 0.612. The molecule has 0 aliphatic carbocycles. The highest BCUT2D eigenvalue weighted by atomic mass is 35.5. The molecule has 0 atom stereocenters. The molecule has 1 rings (SSSR count). The molecule has 0 N–H and O–H groups in total. The van der Waals surface area contributed by atoms with E-state index in [2.05, 4.69) is 0 Å². The van der Waals surface area contributed by atoms with E-state index >= 15 is 0 Å². The Kier molecular flexibility index (Phi) is 1.60. The molecule has 1 aromatic heterocycles. The van der Waals surface area contributed by atoms with Gasteiger partial charge in [-0.05, 0) is 0 Å². The van der Waals surface area contributed by atoms with Gasteiger partial charge in [-0.15, -0.1) is 0 Å². The van der Waals surface area contributed by atoms with Gasteiger partial charge in [0.2, 0.25) is 11.3 Å². The Morgan fingerprint density at radius 1 is 1.29 bits per heavy atom. The molecule has 0 spiro atoms. The van der Waals surface area contributed by atoms with Gasteiger partial charge in [-0.2, -0.15) is 0 Å².